The van der Waals surface area contributed by atoms with E-state index >= 15 is 0 Å². The first-order valence-corrected chi connectivity index (χ1v) is 22.7. The van der Waals surface area contributed by atoms with Gasteiger partial charge in [-0.1, -0.05) is 187 Å². The highest BCUT2D eigenvalue weighted by Crippen LogP contribution is 2.56. The second-order valence-electron chi connectivity index (χ2n) is 19.6. The van der Waals surface area contributed by atoms with E-state index in [1.54, 1.807) is 0 Å². The third-order valence-electron chi connectivity index (χ3n) is 15.0. The van der Waals surface area contributed by atoms with Gasteiger partial charge >= 0.3 is 0 Å². The number of aromatic nitrogens is 1. The van der Waals surface area contributed by atoms with E-state index in [2.05, 4.69) is 241 Å². The molecule has 1 heterocycles. The fourth-order valence-corrected chi connectivity index (χ4v) is 11.5. The summed E-state index contributed by atoms with van der Waals surface area (Å²) in [4.78, 5) is 7.66. The zero-order valence-corrected chi connectivity index (χ0v) is 37.4. The van der Waals surface area contributed by atoms with Crippen molar-refractivity contribution < 1.29 is 0 Å². The molecule has 0 bridgehead atoms. The lowest BCUT2D eigenvalue weighted by atomic mass is 9.81. The molecule has 0 atom stereocenters. The van der Waals surface area contributed by atoms with Crippen LogP contribution in [0.4, 0.5) is 17.1 Å². The minimum absolute atomic E-state index is 0.152. The summed E-state index contributed by atoms with van der Waals surface area (Å²) in [6, 6.07) is 67.9. The SMILES string of the molecule is CC1(C)c2ccccc2-c2ccc(-c3cncc(-c4ccc5c(c4)C(C)(C)c4ccccc4-5)c3N(c3ccc(-c4ccccc4)cc3)c3ccc4c(c3)C(C)(C)c3ccccc3-4)cc21. The summed E-state index contributed by atoms with van der Waals surface area (Å²) in [5.41, 5.74) is 25.7. The van der Waals surface area contributed by atoms with E-state index in [-0.39, 0.29) is 16.2 Å². The molecule has 0 spiro atoms. The van der Waals surface area contributed by atoms with E-state index in [0.29, 0.717) is 0 Å². The van der Waals surface area contributed by atoms with Crippen LogP contribution in [0, 0.1) is 0 Å². The number of rotatable bonds is 6. The van der Waals surface area contributed by atoms with Gasteiger partial charge in [-0.3, -0.25) is 4.98 Å². The average Bonchev–Trinajstić information content (AvgIpc) is 3.81. The normalized spacial score (nSPS) is 15.1. The molecule has 0 N–H and O–H groups in total. The smallest absolute Gasteiger partial charge is 0.0649 e. The Bertz CT molecular complexity index is 3220. The maximum absolute atomic E-state index is 5.14. The molecule has 0 aliphatic heterocycles. The van der Waals surface area contributed by atoms with E-state index in [4.69, 9.17) is 4.98 Å². The molecular weight excluding hydrogens is 773 g/mol. The van der Waals surface area contributed by atoms with Crippen molar-refractivity contribution in [1.82, 2.24) is 4.98 Å². The van der Waals surface area contributed by atoms with Crippen LogP contribution in [-0.4, -0.2) is 4.98 Å². The first kappa shape index (κ1) is 38.4. The van der Waals surface area contributed by atoms with Crippen LogP contribution in [0.1, 0.15) is 74.9 Å². The van der Waals surface area contributed by atoms with Gasteiger partial charge in [0, 0.05) is 51.1 Å². The Balaban J connectivity index is 1.13. The molecule has 2 nitrogen and oxygen atoms in total. The largest absolute Gasteiger partial charge is 0.309 e. The molecule has 9 aromatic rings. The summed E-state index contributed by atoms with van der Waals surface area (Å²) >= 11 is 0. The highest BCUT2D eigenvalue weighted by molar-refractivity contribution is 5.99. The maximum Gasteiger partial charge on any atom is 0.0649 e. The van der Waals surface area contributed by atoms with Crippen molar-refractivity contribution in [2.45, 2.75) is 57.8 Å². The molecule has 8 aromatic carbocycles. The van der Waals surface area contributed by atoms with Crippen LogP contribution in [0.15, 0.2) is 194 Å². The predicted octanol–water partition coefficient (Wildman–Crippen LogP) is 16.5. The highest BCUT2D eigenvalue weighted by Gasteiger charge is 2.39. The van der Waals surface area contributed by atoms with Gasteiger partial charge in [0.2, 0.25) is 0 Å². The standard InChI is InChI=1S/C62H50N2/c1-60(2)53-21-13-10-18-45(53)48-31-26-41(34-56(48)60)51-37-63-38-52(42-27-32-49-46-19-11-14-22-54(46)61(3,4)57(49)35-42)59(51)64(43-28-24-40(25-29-43)39-16-8-7-9-17-39)44-30-33-50-47-20-12-15-23-55(47)62(5,6)58(50)36-44/h7-38H,1-6H3. The summed E-state index contributed by atoms with van der Waals surface area (Å²) in [5.74, 6) is 0. The van der Waals surface area contributed by atoms with Crippen molar-refractivity contribution in [2.24, 2.45) is 0 Å². The molecule has 308 valence electrons. The van der Waals surface area contributed by atoms with Crippen LogP contribution in [0.2, 0.25) is 0 Å². The van der Waals surface area contributed by atoms with E-state index in [1.807, 2.05) is 0 Å². The Hall–Kier alpha value is -7.29. The first-order valence-electron chi connectivity index (χ1n) is 22.7. The number of pyridine rings is 1. The fraction of sp³-hybridized carbons (Fsp3) is 0.145. The van der Waals surface area contributed by atoms with Crippen molar-refractivity contribution in [1.29, 1.82) is 0 Å². The number of fused-ring (bicyclic) bond motifs is 9. The summed E-state index contributed by atoms with van der Waals surface area (Å²) < 4.78 is 0. The lowest BCUT2D eigenvalue weighted by Gasteiger charge is -2.32. The van der Waals surface area contributed by atoms with Gasteiger partial charge < -0.3 is 4.90 Å². The van der Waals surface area contributed by atoms with E-state index in [1.165, 1.54) is 77.9 Å². The van der Waals surface area contributed by atoms with E-state index in [9.17, 15) is 0 Å². The molecule has 0 radical (unpaired) electrons. The number of hydrogen-bond acceptors (Lipinski definition) is 2. The average molecular weight is 823 g/mol. The first-order chi connectivity index (χ1) is 31.0. The molecule has 0 unspecified atom stereocenters. The molecule has 64 heavy (non-hydrogen) atoms. The topological polar surface area (TPSA) is 16.1 Å². The molecule has 12 rings (SSSR count). The van der Waals surface area contributed by atoms with Crippen molar-refractivity contribution >= 4 is 17.1 Å². The molecule has 3 aliphatic rings. The van der Waals surface area contributed by atoms with Gasteiger partial charge in [-0.15, -0.1) is 0 Å². The number of hydrogen-bond donors (Lipinski definition) is 0. The van der Waals surface area contributed by atoms with Crippen molar-refractivity contribution in [3.8, 4) is 66.8 Å². The van der Waals surface area contributed by atoms with Gasteiger partial charge in [0.1, 0.15) is 0 Å². The second kappa shape index (κ2) is 13.9. The summed E-state index contributed by atoms with van der Waals surface area (Å²) in [7, 11) is 0. The van der Waals surface area contributed by atoms with E-state index in [0.717, 1.165) is 39.3 Å². The minimum Gasteiger partial charge on any atom is -0.309 e. The zero-order valence-electron chi connectivity index (χ0n) is 37.4. The second-order valence-corrected chi connectivity index (χ2v) is 19.6. The lowest BCUT2D eigenvalue weighted by molar-refractivity contribution is 0.660. The van der Waals surface area contributed by atoms with Gasteiger partial charge in [0.05, 0.1) is 5.69 Å². The molecular formula is C62H50N2. The minimum atomic E-state index is -0.171. The lowest BCUT2D eigenvalue weighted by Crippen LogP contribution is -2.18. The third kappa shape index (κ3) is 5.54. The maximum atomic E-state index is 5.14. The summed E-state index contributed by atoms with van der Waals surface area (Å²) in [6.07, 6.45) is 4.20. The Morgan fingerprint density at radius 1 is 0.297 bits per heavy atom. The van der Waals surface area contributed by atoms with Crippen LogP contribution in [0.25, 0.3) is 66.8 Å². The van der Waals surface area contributed by atoms with Gasteiger partial charge in [-0.2, -0.15) is 0 Å². The molecule has 0 amide bonds. The quantitative estimate of drug-likeness (QED) is 0.166. The Morgan fingerprint density at radius 2 is 0.656 bits per heavy atom. The van der Waals surface area contributed by atoms with Gasteiger partial charge in [0.25, 0.3) is 0 Å². The monoisotopic (exact) mass is 822 g/mol. The molecule has 0 fully saturated rings. The van der Waals surface area contributed by atoms with Crippen LogP contribution < -0.4 is 4.90 Å². The zero-order chi connectivity index (χ0) is 43.5. The summed E-state index contributed by atoms with van der Waals surface area (Å²) in [6.45, 7) is 14.2. The van der Waals surface area contributed by atoms with Crippen LogP contribution >= 0.6 is 0 Å². The molecule has 0 saturated carbocycles. The Labute approximate surface area is 377 Å². The fourth-order valence-electron chi connectivity index (χ4n) is 11.5. The van der Waals surface area contributed by atoms with Gasteiger partial charge in [-0.25, -0.2) is 0 Å². The third-order valence-corrected chi connectivity index (χ3v) is 15.0. The molecule has 2 heteroatoms. The van der Waals surface area contributed by atoms with E-state index < -0.39 is 0 Å². The van der Waals surface area contributed by atoms with Crippen molar-refractivity contribution in [2.75, 3.05) is 4.90 Å². The number of anilines is 3. The molecule has 1 aromatic heterocycles. The van der Waals surface area contributed by atoms with Crippen LogP contribution in [0.5, 0.6) is 0 Å². The van der Waals surface area contributed by atoms with Crippen molar-refractivity contribution in [3.05, 3.63) is 228 Å². The van der Waals surface area contributed by atoms with Crippen LogP contribution in [-0.2, 0) is 16.2 Å². The Kier molecular flexibility index (Phi) is 8.31. The number of nitrogens with zero attached hydrogens (tertiary/aromatic N) is 2. The highest BCUT2D eigenvalue weighted by atomic mass is 15.1. The van der Waals surface area contributed by atoms with Gasteiger partial charge in [-0.05, 0) is 125 Å². The predicted molar refractivity (Wildman–Crippen MR) is 268 cm³/mol. The molecule has 3 aliphatic carbocycles. The van der Waals surface area contributed by atoms with Crippen molar-refractivity contribution in [3.63, 3.8) is 0 Å². The summed E-state index contributed by atoms with van der Waals surface area (Å²) in [5, 5.41) is 0. The van der Waals surface area contributed by atoms with Crippen LogP contribution in [0.3, 0.4) is 0 Å². The molecule has 0 saturated heterocycles. The number of benzene rings is 8. The Morgan fingerprint density at radius 3 is 1.14 bits per heavy atom. The van der Waals surface area contributed by atoms with Gasteiger partial charge in [0.15, 0.2) is 0 Å².